The van der Waals surface area contributed by atoms with E-state index in [9.17, 15) is 4.79 Å². The third kappa shape index (κ3) is 3.45. The Morgan fingerprint density at radius 1 is 1.22 bits per heavy atom. The molecule has 2 rings (SSSR count). The van der Waals surface area contributed by atoms with Gasteiger partial charge >= 0.3 is 0 Å². The zero-order chi connectivity index (χ0) is 13.0. The molecule has 1 saturated heterocycles. The van der Waals surface area contributed by atoms with Crippen molar-refractivity contribution in [3.63, 3.8) is 0 Å². The Morgan fingerprint density at radius 3 is 2.61 bits per heavy atom. The second kappa shape index (κ2) is 6.53. The van der Waals surface area contributed by atoms with Gasteiger partial charge in [0.1, 0.15) is 0 Å². The summed E-state index contributed by atoms with van der Waals surface area (Å²) in [5.74, 6) is 1.69. The van der Waals surface area contributed by atoms with Gasteiger partial charge in [-0.15, -0.1) is 0 Å². The summed E-state index contributed by atoms with van der Waals surface area (Å²) in [7, 11) is 1.89. The summed E-state index contributed by atoms with van der Waals surface area (Å²) in [6.45, 7) is 4.37. The topological polar surface area (TPSA) is 50.4 Å². The van der Waals surface area contributed by atoms with Crippen LogP contribution < -0.4 is 10.6 Å². The monoisotopic (exact) mass is 254 g/mol. The lowest BCUT2D eigenvalue weighted by atomic mass is 9.83. The van der Waals surface area contributed by atoms with E-state index in [2.05, 4.69) is 17.6 Å². The van der Waals surface area contributed by atoms with Crippen molar-refractivity contribution >= 4 is 5.91 Å². The summed E-state index contributed by atoms with van der Waals surface area (Å²) in [5, 5.41) is 6.27. The van der Waals surface area contributed by atoms with Crippen LogP contribution in [0, 0.1) is 17.8 Å². The quantitative estimate of drug-likeness (QED) is 0.791. The molecule has 2 unspecified atom stereocenters. The zero-order valence-corrected chi connectivity index (χ0v) is 11.6. The Bertz CT molecular complexity index is 275. The van der Waals surface area contributed by atoms with E-state index < -0.39 is 0 Å². The van der Waals surface area contributed by atoms with E-state index >= 15 is 0 Å². The van der Waals surface area contributed by atoms with Gasteiger partial charge < -0.3 is 15.4 Å². The molecule has 1 saturated carbocycles. The second-order valence-electron chi connectivity index (χ2n) is 5.91. The van der Waals surface area contributed by atoms with Crippen LogP contribution in [0.15, 0.2) is 0 Å². The zero-order valence-electron chi connectivity index (χ0n) is 11.6. The first-order chi connectivity index (χ1) is 8.70. The number of amides is 1. The molecule has 1 aliphatic carbocycles. The molecule has 2 fully saturated rings. The molecule has 104 valence electrons. The SMILES string of the molecule is CNC1COCC1C(=O)NCC1CCC(C)CC1. The Morgan fingerprint density at radius 2 is 1.94 bits per heavy atom. The van der Waals surface area contributed by atoms with E-state index in [-0.39, 0.29) is 17.9 Å². The Hall–Kier alpha value is -0.610. The molecule has 0 bridgehead atoms. The van der Waals surface area contributed by atoms with Gasteiger partial charge in [0.25, 0.3) is 0 Å². The number of hydrogen-bond acceptors (Lipinski definition) is 3. The molecule has 0 aromatic heterocycles. The summed E-state index contributed by atoms with van der Waals surface area (Å²) >= 11 is 0. The molecule has 2 atom stereocenters. The summed E-state index contributed by atoms with van der Waals surface area (Å²) in [6, 6.07) is 0.177. The molecule has 0 spiro atoms. The van der Waals surface area contributed by atoms with E-state index in [1.165, 1.54) is 25.7 Å². The highest BCUT2D eigenvalue weighted by molar-refractivity contribution is 5.79. The lowest BCUT2D eigenvalue weighted by Crippen LogP contribution is -2.44. The number of nitrogens with one attached hydrogen (secondary N) is 2. The molecule has 4 nitrogen and oxygen atoms in total. The maximum absolute atomic E-state index is 12.1. The average molecular weight is 254 g/mol. The molecule has 0 aromatic rings. The van der Waals surface area contributed by atoms with Crippen LogP contribution in [-0.4, -0.2) is 38.8 Å². The Balaban J connectivity index is 1.71. The minimum absolute atomic E-state index is 0.0162. The van der Waals surface area contributed by atoms with Crippen LogP contribution in [-0.2, 0) is 9.53 Å². The standard InChI is InChI=1S/C14H26N2O2/c1-10-3-5-11(6-4-10)7-16-14(17)12-8-18-9-13(12)15-2/h10-13,15H,3-9H2,1-2H3,(H,16,17). The lowest BCUT2D eigenvalue weighted by Gasteiger charge is -2.27. The largest absolute Gasteiger partial charge is 0.379 e. The van der Waals surface area contributed by atoms with E-state index in [1.807, 2.05) is 7.05 Å². The molecule has 0 radical (unpaired) electrons. The van der Waals surface area contributed by atoms with Gasteiger partial charge in [0.15, 0.2) is 0 Å². The molecule has 1 aliphatic heterocycles. The predicted molar refractivity (Wildman–Crippen MR) is 71.3 cm³/mol. The van der Waals surface area contributed by atoms with Crippen molar-refractivity contribution in [2.24, 2.45) is 17.8 Å². The highest BCUT2D eigenvalue weighted by Crippen LogP contribution is 2.27. The molecule has 1 heterocycles. The van der Waals surface area contributed by atoms with Crippen LogP contribution in [0.1, 0.15) is 32.6 Å². The molecule has 0 aromatic carbocycles. The van der Waals surface area contributed by atoms with Gasteiger partial charge in [-0.1, -0.05) is 19.8 Å². The number of carbonyl (C=O) groups is 1. The Kier molecular flexibility index (Phi) is 5.01. The molecule has 4 heteroatoms. The lowest BCUT2D eigenvalue weighted by molar-refractivity contribution is -0.125. The van der Waals surface area contributed by atoms with Crippen molar-refractivity contribution < 1.29 is 9.53 Å². The number of hydrogen-bond donors (Lipinski definition) is 2. The van der Waals surface area contributed by atoms with E-state index in [0.29, 0.717) is 19.1 Å². The minimum atomic E-state index is -0.0162. The summed E-state index contributed by atoms with van der Waals surface area (Å²) in [4.78, 5) is 12.1. The summed E-state index contributed by atoms with van der Waals surface area (Å²) < 4.78 is 5.36. The maximum atomic E-state index is 12.1. The first-order valence-corrected chi connectivity index (χ1v) is 7.23. The number of ether oxygens (including phenoxy) is 1. The number of likely N-dealkylation sites (N-methyl/N-ethyl adjacent to an activating group) is 1. The third-order valence-electron chi connectivity index (χ3n) is 4.49. The average Bonchev–Trinajstić information content (AvgIpc) is 2.86. The summed E-state index contributed by atoms with van der Waals surface area (Å²) in [5.41, 5.74) is 0. The van der Waals surface area contributed by atoms with Gasteiger partial charge in [0, 0.05) is 12.6 Å². The number of carbonyl (C=O) groups excluding carboxylic acids is 1. The molecular weight excluding hydrogens is 228 g/mol. The molecule has 2 N–H and O–H groups in total. The molecule has 2 aliphatic rings. The second-order valence-corrected chi connectivity index (χ2v) is 5.91. The highest BCUT2D eigenvalue weighted by Gasteiger charge is 2.33. The van der Waals surface area contributed by atoms with Crippen molar-refractivity contribution in [1.29, 1.82) is 0 Å². The van der Waals surface area contributed by atoms with Crippen LogP contribution in [0.3, 0.4) is 0 Å². The highest BCUT2D eigenvalue weighted by atomic mass is 16.5. The predicted octanol–water partition coefficient (Wildman–Crippen LogP) is 1.16. The fraction of sp³-hybridized carbons (Fsp3) is 0.929. The van der Waals surface area contributed by atoms with Crippen molar-refractivity contribution in [3.8, 4) is 0 Å². The minimum Gasteiger partial charge on any atom is -0.379 e. The van der Waals surface area contributed by atoms with Gasteiger partial charge in [-0.05, 0) is 31.7 Å². The van der Waals surface area contributed by atoms with Crippen molar-refractivity contribution in [3.05, 3.63) is 0 Å². The van der Waals surface area contributed by atoms with Gasteiger partial charge in [-0.2, -0.15) is 0 Å². The van der Waals surface area contributed by atoms with Crippen LogP contribution >= 0.6 is 0 Å². The maximum Gasteiger partial charge on any atom is 0.227 e. The molecule has 1 amide bonds. The van der Waals surface area contributed by atoms with E-state index in [0.717, 1.165) is 12.5 Å². The van der Waals surface area contributed by atoms with Crippen molar-refractivity contribution in [2.45, 2.75) is 38.6 Å². The smallest absolute Gasteiger partial charge is 0.227 e. The first-order valence-electron chi connectivity index (χ1n) is 7.23. The van der Waals surface area contributed by atoms with E-state index in [1.54, 1.807) is 0 Å². The van der Waals surface area contributed by atoms with Crippen LogP contribution in [0.2, 0.25) is 0 Å². The van der Waals surface area contributed by atoms with Crippen molar-refractivity contribution in [1.82, 2.24) is 10.6 Å². The normalized spacial score (nSPS) is 36.6. The molecule has 18 heavy (non-hydrogen) atoms. The number of rotatable bonds is 4. The van der Waals surface area contributed by atoms with Crippen molar-refractivity contribution in [2.75, 3.05) is 26.8 Å². The summed E-state index contributed by atoms with van der Waals surface area (Å²) in [6.07, 6.45) is 5.15. The van der Waals surface area contributed by atoms with Gasteiger partial charge in [-0.3, -0.25) is 4.79 Å². The first kappa shape index (κ1) is 13.8. The third-order valence-corrected chi connectivity index (χ3v) is 4.49. The molecular formula is C14H26N2O2. The van der Waals surface area contributed by atoms with Gasteiger partial charge in [0.2, 0.25) is 5.91 Å². The van der Waals surface area contributed by atoms with Gasteiger partial charge in [-0.25, -0.2) is 0 Å². The van der Waals surface area contributed by atoms with E-state index in [4.69, 9.17) is 4.74 Å². The Labute approximate surface area is 110 Å². The fourth-order valence-electron chi connectivity index (χ4n) is 3.01. The fourth-order valence-corrected chi connectivity index (χ4v) is 3.01. The van der Waals surface area contributed by atoms with Crippen LogP contribution in [0.25, 0.3) is 0 Å². The van der Waals surface area contributed by atoms with Crippen LogP contribution in [0.5, 0.6) is 0 Å². The van der Waals surface area contributed by atoms with Gasteiger partial charge in [0.05, 0.1) is 19.1 Å². The van der Waals surface area contributed by atoms with Crippen LogP contribution in [0.4, 0.5) is 0 Å².